The molecule has 2 heterocycles. The van der Waals surface area contributed by atoms with E-state index in [-0.39, 0.29) is 0 Å². The van der Waals surface area contributed by atoms with Gasteiger partial charge in [0.05, 0.1) is 12.1 Å². The van der Waals surface area contributed by atoms with Gasteiger partial charge in [0.2, 0.25) is 0 Å². The molecule has 3 aromatic rings. The molecule has 1 aromatic heterocycles. The van der Waals surface area contributed by atoms with Gasteiger partial charge in [0, 0.05) is 35.4 Å². The number of benzene rings is 2. The van der Waals surface area contributed by atoms with Gasteiger partial charge in [0.25, 0.3) is 0 Å². The zero-order valence-electron chi connectivity index (χ0n) is 17.4. The van der Waals surface area contributed by atoms with Gasteiger partial charge in [-0.25, -0.2) is 0 Å². The molecular weight excluding hydrogens is 394 g/mol. The molecule has 1 fully saturated rings. The van der Waals surface area contributed by atoms with Gasteiger partial charge in [0.15, 0.2) is 0 Å². The van der Waals surface area contributed by atoms with Crippen LogP contribution in [0.4, 0.5) is 5.69 Å². The van der Waals surface area contributed by atoms with Gasteiger partial charge in [-0.15, -0.1) is 0 Å². The highest BCUT2D eigenvalue weighted by Gasteiger charge is 2.09. The molecule has 0 bridgehead atoms. The minimum Gasteiger partial charge on any atom is -0.494 e. The lowest BCUT2D eigenvalue weighted by atomic mass is 10.1. The summed E-state index contributed by atoms with van der Waals surface area (Å²) in [6.07, 6.45) is 7.95. The van der Waals surface area contributed by atoms with E-state index < -0.39 is 0 Å². The topological polar surface area (TPSA) is 37.4 Å². The maximum absolute atomic E-state index is 6.07. The molecule has 0 spiro atoms. The van der Waals surface area contributed by atoms with Crippen molar-refractivity contribution in [1.29, 1.82) is 0 Å². The third kappa shape index (κ3) is 5.87. The van der Waals surface area contributed by atoms with Crippen LogP contribution in [0, 0.1) is 0 Å². The first-order valence-corrected chi connectivity index (χ1v) is 11.4. The normalized spacial score (nSPS) is 14.7. The van der Waals surface area contributed by atoms with E-state index in [2.05, 4.69) is 39.5 Å². The molecular formula is C25H30ClN3O. The van der Waals surface area contributed by atoms with Gasteiger partial charge in [-0.05, 0) is 80.7 Å². The molecule has 0 radical (unpaired) electrons. The molecule has 1 aliphatic heterocycles. The van der Waals surface area contributed by atoms with Crippen molar-refractivity contribution in [2.24, 2.45) is 0 Å². The van der Waals surface area contributed by atoms with E-state index in [0.717, 1.165) is 54.9 Å². The standard InChI is InChI=1S/C25H30ClN3O/c26-21-7-10-23-24(12-14-28-25(23)19-21)27-13-11-20-5-8-22(9-6-20)30-18-4-17-29-15-2-1-3-16-29/h5-10,12,14,19H,1-4,11,13,15-18H2,(H,27,28). The number of piperidine rings is 1. The number of likely N-dealkylation sites (tertiary alicyclic amines) is 1. The fourth-order valence-corrected chi connectivity index (χ4v) is 4.20. The molecule has 5 heteroatoms. The number of nitrogens with zero attached hydrogens (tertiary/aromatic N) is 2. The van der Waals surface area contributed by atoms with Crippen LogP contribution in [0.5, 0.6) is 5.75 Å². The number of hydrogen-bond acceptors (Lipinski definition) is 4. The van der Waals surface area contributed by atoms with E-state index in [1.165, 1.54) is 37.9 Å². The second kappa shape index (κ2) is 10.6. The summed E-state index contributed by atoms with van der Waals surface area (Å²) in [4.78, 5) is 6.95. The number of pyridine rings is 1. The minimum absolute atomic E-state index is 0.709. The van der Waals surface area contributed by atoms with Crippen LogP contribution in [0.15, 0.2) is 54.7 Å². The first kappa shape index (κ1) is 21.0. The number of hydrogen-bond donors (Lipinski definition) is 1. The Hall–Kier alpha value is -2.30. The van der Waals surface area contributed by atoms with Gasteiger partial charge in [-0.3, -0.25) is 4.98 Å². The van der Waals surface area contributed by atoms with Crippen LogP contribution in [0.3, 0.4) is 0 Å². The largest absolute Gasteiger partial charge is 0.494 e. The average Bonchev–Trinajstić information content (AvgIpc) is 2.78. The molecule has 4 rings (SSSR count). The summed E-state index contributed by atoms with van der Waals surface area (Å²) in [5.74, 6) is 0.961. The Kier molecular flexibility index (Phi) is 7.44. The second-order valence-corrected chi connectivity index (χ2v) is 8.38. The van der Waals surface area contributed by atoms with E-state index in [9.17, 15) is 0 Å². The fraction of sp³-hybridized carbons (Fsp3) is 0.400. The molecule has 4 nitrogen and oxygen atoms in total. The first-order chi connectivity index (χ1) is 14.8. The van der Waals surface area contributed by atoms with Crippen molar-refractivity contribution in [2.75, 3.05) is 38.1 Å². The highest BCUT2D eigenvalue weighted by atomic mass is 35.5. The van der Waals surface area contributed by atoms with Crippen molar-refractivity contribution in [3.05, 3.63) is 65.3 Å². The zero-order valence-corrected chi connectivity index (χ0v) is 18.2. The summed E-state index contributed by atoms with van der Waals surface area (Å²) in [5, 5.41) is 5.33. The van der Waals surface area contributed by atoms with Crippen molar-refractivity contribution >= 4 is 28.2 Å². The molecule has 0 saturated carbocycles. The van der Waals surface area contributed by atoms with Crippen LogP contribution in [0.2, 0.25) is 5.02 Å². The molecule has 0 aliphatic carbocycles. The second-order valence-electron chi connectivity index (χ2n) is 7.95. The summed E-state index contributed by atoms with van der Waals surface area (Å²) in [5.41, 5.74) is 3.30. The van der Waals surface area contributed by atoms with E-state index >= 15 is 0 Å². The van der Waals surface area contributed by atoms with Gasteiger partial charge in [-0.1, -0.05) is 30.2 Å². The van der Waals surface area contributed by atoms with Crippen LogP contribution in [-0.4, -0.2) is 42.7 Å². The molecule has 30 heavy (non-hydrogen) atoms. The molecule has 1 aliphatic rings. The van der Waals surface area contributed by atoms with E-state index in [1.807, 2.05) is 30.5 Å². The summed E-state index contributed by atoms with van der Waals surface area (Å²) >= 11 is 6.07. The Morgan fingerprint density at radius 1 is 1.00 bits per heavy atom. The lowest BCUT2D eigenvalue weighted by Gasteiger charge is -2.26. The van der Waals surface area contributed by atoms with Crippen LogP contribution < -0.4 is 10.1 Å². The third-order valence-electron chi connectivity index (χ3n) is 5.69. The van der Waals surface area contributed by atoms with Crippen molar-refractivity contribution < 1.29 is 4.74 Å². The Morgan fingerprint density at radius 2 is 1.83 bits per heavy atom. The van der Waals surface area contributed by atoms with Crippen LogP contribution in [0.1, 0.15) is 31.2 Å². The van der Waals surface area contributed by atoms with Gasteiger partial charge < -0.3 is 15.0 Å². The SMILES string of the molecule is Clc1ccc2c(NCCc3ccc(OCCCN4CCCCC4)cc3)ccnc2c1. The minimum atomic E-state index is 0.709. The Labute approximate surface area is 184 Å². The van der Waals surface area contributed by atoms with Crippen LogP contribution >= 0.6 is 11.6 Å². The van der Waals surface area contributed by atoms with Gasteiger partial charge in [0.1, 0.15) is 5.75 Å². The van der Waals surface area contributed by atoms with Crippen molar-refractivity contribution in [3.8, 4) is 5.75 Å². The lowest BCUT2D eigenvalue weighted by molar-refractivity contribution is 0.205. The van der Waals surface area contributed by atoms with E-state index in [0.29, 0.717) is 5.02 Å². The predicted molar refractivity (Wildman–Crippen MR) is 126 cm³/mol. The maximum atomic E-state index is 6.07. The first-order valence-electron chi connectivity index (χ1n) is 11.0. The quantitative estimate of drug-likeness (QED) is 0.441. The molecule has 1 N–H and O–H groups in total. The Bertz CT molecular complexity index is 939. The molecule has 2 aromatic carbocycles. The van der Waals surface area contributed by atoms with E-state index in [4.69, 9.17) is 16.3 Å². The molecule has 0 amide bonds. The number of fused-ring (bicyclic) bond motifs is 1. The smallest absolute Gasteiger partial charge is 0.119 e. The molecule has 0 unspecified atom stereocenters. The maximum Gasteiger partial charge on any atom is 0.119 e. The van der Waals surface area contributed by atoms with E-state index in [1.54, 1.807) is 0 Å². The summed E-state index contributed by atoms with van der Waals surface area (Å²) in [7, 11) is 0. The highest BCUT2D eigenvalue weighted by molar-refractivity contribution is 6.31. The van der Waals surface area contributed by atoms with Crippen molar-refractivity contribution in [3.63, 3.8) is 0 Å². The predicted octanol–water partition coefficient (Wildman–Crippen LogP) is 5.80. The summed E-state index contributed by atoms with van der Waals surface area (Å²) in [6, 6.07) is 16.3. The highest BCUT2D eigenvalue weighted by Crippen LogP contribution is 2.24. The van der Waals surface area contributed by atoms with Crippen molar-refractivity contribution in [1.82, 2.24) is 9.88 Å². The number of anilines is 1. The number of aromatic nitrogens is 1. The molecule has 158 valence electrons. The third-order valence-corrected chi connectivity index (χ3v) is 5.93. The van der Waals surface area contributed by atoms with Gasteiger partial charge in [-0.2, -0.15) is 0 Å². The fourth-order valence-electron chi connectivity index (χ4n) is 4.03. The Balaban J connectivity index is 1.20. The lowest BCUT2D eigenvalue weighted by Crippen LogP contribution is -2.31. The molecule has 1 saturated heterocycles. The van der Waals surface area contributed by atoms with Gasteiger partial charge >= 0.3 is 0 Å². The van der Waals surface area contributed by atoms with Crippen LogP contribution in [-0.2, 0) is 6.42 Å². The number of rotatable bonds is 9. The monoisotopic (exact) mass is 423 g/mol. The number of ether oxygens (including phenoxy) is 1. The van der Waals surface area contributed by atoms with Crippen molar-refractivity contribution in [2.45, 2.75) is 32.1 Å². The Morgan fingerprint density at radius 3 is 2.67 bits per heavy atom. The zero-order chi connectivity index (χ0) is 20.6. The summed E-state index contributed by atoms with van der Waals surface area (Å²) < 4.78 is 5.92. The molecule has 0 atom stereocenters. The summed E-state index contributed by atoms with van der Waals surface area (Å²) in [6.45, 7) is 5.31. The van der Waals surface area contributed by atoms with Crippen LogP contribution in [0.25, 0.3) is 10.9 Å². The average molecular weight is 424 g/mol. The number of halogens is 1. The number of nitrogens with one attached hydrogen (secondary N) is 1.